The fourth-order valence-electron chi connectivity index (χ4n) is 1.02. The Morgan fingerprint density at radius 3 is 2.40 bits per heavy atom. The SMILES string of the molecule is C[C@H](O)CNc1ccc(OC(F)F)cc1. The molecule has 1 atom stereocenters. The minimum atomic E-state index is -2.80. The fourth-order valence-corrected chi connectivity index (χ4v) is 1.02. The van der Waals surface area contributed by atoms with E-state index in [2.05, 4.69) is 10.1 Å². The minimum absolute atomic E-state index is 0.118. The van der Waals surface area contributed by atoms with Gasteiger partial charge in [0.25, 0.3) is 0 Å². The summed E-state index contributed by atoms with van der Waals surface area (Å²) in [5.41, 5.74) is 0.748. The van der Waals surface area contributed by atoms with Crippen molar-refractivity contribution >= 4 is 5.69 Å². The van der Waals surface area contributed by atoms with Crippen molar-refractivity contribution in [2.45, 2.75) is 19.6 Å². The maximum atomic E-state index is 11.8. The van der Waals surface area contributed by atoms with Crippen LogP contribution in [-0.2, 0) is 0 Å². The van der Waals surface area contributed by atoms with Gasteiger partial charge in [-0.2, -0.15) is 8.78 Å². The van der Waals surface area contributed by atoms with E-state index in [9.17, 15) is 8.78 Å². The van der Waals surface area contributed by atoms with Crippen molar-refractivity contribution in [1.29, 1.82) is 0 Å². The highest BCUT2D eigenvalue weighted by atomic mass is 19.3. The number of rotatable bonds is 5. The van der Waals surface area contributed by atoms with Crippen LogP contribution in [0.3, 0.4) is 0 Å². The molecule has 0 saturated carbocycles. The Morgan fingerprint density at radius 1 is 1.33 bits per heavy atom. The van der Waals surface area contributed by atoms with Crippen LogP contribution in [0.4, 0.5) is 14.5 Å². The third-order valence-corrected chi connectivity index (χ3v) is 1.68. The predicted molar refractivity (Wildman–Crippen MR) is 53.2 cm³/mol. The smallest absolute Gasteiger partial charge is 0.387 e. The summed E-state index contributed by atoms with van der Waals surface area (Å²) < 4.78 is 27.8. The number of benzene rings is 1. The number of anilines is 1. The molecule has 0 spiro atoms. The lowest BCUT2D eigenvalue weighted by Crippen LogP contribution is -2.15. The van der Waals surface area contributed by atoms with Gasteiger partial charge in [0.15, 0.2) is 0 Å². The molecule has 0 bridgehead atoms. The zero-order valence-electron chi connectivity index (χ0n) is 8.28. The third kappa shape index (κ3) is 4.60. The molecule has 0 heterocycles. The van der Waals surface area contributed by atoms with E-state index in [4.69, 9.17) is 5.11 Å². The number of hydrogen-bond donors (Lipinski definition) is 2. The first-order valence-corrected chi connectivity index (χ1v) is 4.54. The molecule has 1 rings (SSSR count). The second-order valence-electron chi connectivity index (χ2n) is 3.13. The summed E-state index contributed by atoms with van der Waals surface area (Å²) in [7, 11) is 0. The molecule has 15 heavy (non-hydrogen) atoms. The molecule has 0 aliphatic carbocycles. The minimum Gasteiger partial charge on any atom is -0.435 e. The van der Waals surface area contributed by atoms with Gasteiger partial charge in [-0.1, -0.05) is 0 Å². The van der Waals surface area contributed by atoms with Crippen LogP contribution < -0.4 is 10.1 Å². The molecule has 0 saturated heterocycles. The molecule has 0 radical (unpaired) electrons. The summed E-state index contributed by atoms with van der Waals surface area (Å²) in [5, 5.41) is 11.9. The predicted octanol–water partition coefficient (Wildman–Crippen LogP) is 2.08. The standard InChI is InChI=1S/C10H13F2NO2/c1-7(14)6-13-8-2-4-9(5-3-8)15-10(11)12/h2-5,7,10,13-14H,6H2,1H3/t7-/m0/s1. The zero-order valence-corrected chi connectivity index (χ0v) is 8.28. The van der Waals surface area contributed by atoms with Crippen LogP contribution in [0.15, 0.2) is 24.3 Å². The Balaban J connectivity index is 2.49. The lowest BCUT2D eigenvalue weighted by molar-refractivity contribution is -0.0498. The first-order valence-electron chi connectivity index (χ1n) is 4.54. The quantitative estimate of drug-likeness (QED) is 0.793. The number of alkyl halides is 2. The molecule has 0 aliphatic rings. The molecule has 1 aromatic rings. The average Bonchev–Trinajstić information content (AvgIpc) is 2.16. The Bertz CT molecular complexity index is 288. The molecular formula is C10H13F2NO2. The summed E-state index contributed by atoms with van der Waals surface area (Å²) in [6.45, 7) is -0.739. The Morgan fingerprint density at radius 2 is 1.93 bits per heavy atom. The monoisotopic (exact) mass is 217 g/mol. The van der Waals surface area contributed by atoms with Crippen molar-refractivity contribution in [2.24, 2.45) is 0 Å². The molecular weight excluding hydrogens is 204 g/mol. The first kappa shape index (κ1) is 11.7. The maximum absolute atomic E-state index is 11.8. The first-order chi connectivity index (χ1) is 7.08. The largest absolute Gasteiger partial charge is 0.435 e. The van der Waals surface area contributed by atoms with Crippen LogP contribution in [0.5, 0.6) is 5.75 Å². The van der Waals surface area contributed by atoms with Gasteiger partial charge in [0.1, 0.15) is 5.75 Å². The second kappa shape index (κ2) is 5.50. The molecule has 1 aromatic carbocycles. The molecule has 3 nitrogen and oxygen atoms in total. The van der Waals surface area contributed by atoms with Crippen molar-refractivity contribution in [3.63, 3.8) is 0 Å². The van der Waals surface area contributed by atoms with E-state index < -0.39 is 12.7 Å². The summed E-state index contributed by atoms with van der Waals surface area (Å²) in [4.78, 5) is 0. The van der Waals surface area contributed by atoms with Gasteiger partial charge in [-0.25, -0.2) is 0 Å². The lowest BCUT2D eigenvalue weighted by Gasteiger charge is -2.09. The second-order valence-corrected chi connectivity index (χ2v) is 3.13. The van der Waals surface area contributed by atoms with E-state index >= 15 is 0 Å². The van der Waals surface area contributed by atoms with Gasteiger partial charge in [-0.3, -0.25) is 0 Å². The van der Waals surface area contributed by atoms with E-state index in [0.29, 0.717) is 6.54 Å². The summed E-state index contributed by atoms with van der Waals surface area (Å²) in [5.74, 6) is 0.118. The zero-order chi connectivity index (χ0) is 11.3. The van der Waals surface area contributed by atoms with Crippen molar-refractivity contribution in [3.8, 4) is 5.75 Å². The normalized spacial score (nSPS) is 12.6. The van der Waals surface area contributed by atoms with E-state index in [1.54, 1.807) is 19.1 Å². The highest BCUT2D eigenvalue weighted by Crippen LogP contribution is 2.17. The van der Waals surface area contributed by atoms with Gasteiger partial charge in [0.05, 0.1) is 6.10 Å². The van der Waals surface area contributed by atoms with Crippen molar-refractivity contribution < 1.29 is 18.6 Å². The number of ether oxygens (including phenoxy) is 1. The lowest BCUT2D eigenvalue weighted by atomic mass is 10.3. The van der Waals surface area contributed by atoms with Crippen molar-refractivity contribution in [2.75, 3.05) is 11.9 Å². The van der Waals surface area contributed by atoms with Crippen LogP contribution in [0.25, 0.3) is 0 Å². The molecule has 0 unspecified atom stereocenters. The topological polar surface area (TPSA) is 41.5 Å². The molecule has 84 valence electrons. The molecule has 0 aliphatic heterocycles. The third-order valence-electron chi connectivity index (χ3n) is 1.68. The van der Waals surface area contributed by atoms with Gasteiger partial charge in [-0.05, 0) is 31.2 Å². The van der Waals surface area contributed by atoms with Crippen LogP contribution in [0, 0.1) is 0 Å². The molecule has 2 N–H and O–H groups in total. The summed E-state index contributed by atoms with van der Waals surface area (Å²) in [6.07, 6.45) is -0.456. The van der Waals surface area contributed by atoms with Gasteiger partial charge >= 0.3 is 6.61 Å². The van der Waals surface area contributed by atoms with Crippen LogP contribution in [0.1, 0.15) is 6.92 Å². The fraction of sp³-hybridized carbons (Fsp3) is 0.400. The highest BCUT2D eigenvalue weighted by molar-refractivity contribution is 5.46. The summed E-state index contributed by atoms with van der Waals surface area (Å²) >= 11 is 0. The maximum Gasteiger partial charge on any atom is 0.387 e. The number of nitrogens with one attached hydrogen (secondary N) is 1. The molecule has 0 amide bonds. The van der Waals surface area contributed by atoms with Gasteiger partial charge in [0, 0.05) is 12.2 Å². The molecule has 0 aromatic heterocycles. The number of hydrogen-bond acceptors (Lipinski definition) is 3. The summed E-state index contributed by atoms with van der Waals surface area (Å²) in [6, 6.07) is 6.10. The highest BCUT2D eigenvalue weighted by Gasteiger charge is 2.03. The van der Waals surface area contributed by atoms with Gasteiger partial charge in [-0.15, -0.1) is 0 Å². The molecule has 0 fully saturated rings. The van der Waals surface area contributed by atoms with Gasteiger partial charge in [0.2, 0.25) is 0 Å². The Hall–Kier alpha value is -1.36. The van der Waals surface area contributed by atoms with E-state index in [-0.39, 0.29) is 5.75 Å². The average molecular weight is 217 g/mol. The van der Waals surface area contributed by atoms with Gasteiger partial charge < -0.3 is 15.2 Å². The molecule has 5 heteroatoms. The van der Waals surface area contributed by atoms with Crippen molar-refractivity contribution in [1.82, 2.24) is 0 Å². The Labute approximate surface area is 86.7 Å². The van der Waals surface area contributed by atoms with E-state index in [1.807, 2.05) is 0 Å². The number of halogens is 2. The number of aliphatic hydroxyl groups is 1. The van der Waals surface area contributed by atoms with E-state index in [0.717, 1.165) is 5.69 Å². The Kier molecular flexibility index (Phi) is 4.30. The van der Waals surface area contributed by atoms with Crippen LogP contribution in [0.2, 0.25) is 0 Å². The van der Waals surface area contributed by atoms with Crippen molar-refractivity contribution in [3.05, 3.63) is 24.3 Å². The van der Waals surface area contributed by atoms with Crippen LogP contribution >= 0.6 is 0 Å². The number of aliphatic hydroxyl groups excluding tert-OH is 1. The van der Waals surface area contributed by atoms with E-state index in [1.165, 1.54) is 12.1 Å². The van der Waals surface area contributed by atoms with Crippen LogP contribution in [-0.4, -0.2) is 24.4 Å².